The maximum absolute atomic E-state index is 5.55. The van der Waals surface area contributed by atoms with Gasteiger partial charge in [-0.15, -0.1) is 0 Å². The molecule has 15 heavy (non-hydrogen) atoms. The van der Waals surface area contributed by atoms with E-state index in [-0.39, 0.29) is 0 Å². The van der Waals surface area contributed by atoms with Gasteiger partial charge >= 0.3 is 0 Å². The van der Waals surface area contributed by atoms with E-state index >= 15 is 0 Å². The molecule has 3 nitrogen and oxygen atoms in total. The molecule has 0 aromatic heterocycles. The number of hydrogen-bond acceptors (Lipinski definition) is 3. The van der Waals surface area contributed by atoms with Crippen LogP contribution in [0.2, 0.25) is 0 Å². The lowest BCUT2D eigenvalue weighted by molar-refractivity contribution is 0.104. The second kappa shape index (κ2) is 8.08. The van der Waals surface area contributed by atoms with Gasteiger partial charge in [-0.3, -0.25) is 0 Å². The Hall–Kier alpha value is -0.120. The van der Waals surface area contributed by atoms with Gasteiger partial charge in [-0.05, 0) is 19.9 Å². The molecule has 0 aliphatic carbocycles. The van der Waals surface area contributed by atoms with Gasteiger partial charge in [0.1, 0.15) is 0 Å². The van der Waals surface area contributed by atoms with Crippen LogP contribution < -0.4 is 0 Å². The van der Waals surface area contributed by atoms with Crippen molar-refractivity contribution in [2.45, 2.75) is 26.2 Å². The largest absolute Gasteiger partial charge is 0.381 e. The lowest BCUT2D eigenvalue weighted by Gasteiger charge is -2.32. The third-order valence-corrected chi connectivity index (χ3v) is 3.00. The summed E-state index contributed by atoms with van der Waals surface area (Å²) in [5.41, 5.74) is 0. The lowest BCUT2D eigenvalue weighted by atomic mass is 10.3. The molecule has 1 saturated heterocycles. The van der Waals surface area contributed by atoms with Gasteiger partial charge in [-0.25, -0.2) is 0 Å². The smallest absolute Gasteiger partial charge is 0.0478 e. The first-order valence-electron chi connectivity index (χ1n) is 6.31. The van der Waals surface area contributed by atoms with Crippen LogP contribution in [0.25, 0.3) is 0 Å². The molecule has 1 aliphatic rings. The zero-order valence-corrected chi connectivity index (χ0v) is 10.4. The Labute approximate surface area is 94.4 Å². The Morgan fingerprint density at radius 2 is 1.67 bits per heavy atom. The van der Waals surface area contributed by atoms with Crippen molar-refractivity contribution in [3.05, 3.63) is 0 Å². The number of piperazine rings is 1. The Morgan fingerprint density at radius 1 is 1.00 bits per heavy atom. The van der Waals surface area contributed by atoms with Crippen LogP contribution in [0.5, 0.6) is 0 Å². The van der Waals surface area contributed by atoms with Gasteiger partial charge in [0.05, 0.1) is 0 Å². The molecule has 0 amide bonds. The number of unbranched alkanes of at least 4 members (excludes halogenated alkanes) is 1. The molecule has 0 aromatic carbocycles. The zero-order valence-electron chi connectivity index (χ0n) is 10.4. The first kappa shape index (κ1) is 12.9. The van der Waals surface area contributed by atoms with E-state index in [1.54, 1.807) is 0 Å². The van der Waals surface area contributed by atoms with Crippen LogP contribution in [0, 0.1) is 0 Å². The maximum Gasteiger partial charge on any atom is 0.0478 e. The molecule has 1 fully saturated rings. The van der Waals surface area contributed by atoms with Crippen molar-refractivity contribution in [2.24, 2.45) is 0 Å². The van der Waals surface area contributed by atoms with Gasteiger partial charge in [0.15, 0.2) is 0 Å². The molecule has 0 radical (unpaired) electrons. The molecule has 1 aliphatic heterocycles. The first-order valence-corrected chi connectivity index (χ1v) is 6.31. The second-order valence-electron chi connectivity index (χ2n) is 4.46. The van der Waals surface area contributed by atoms with E-state index in [1.807, 2.05) is 0 Å². The number of rotatable bonds is 7. The first-order chi connectivity index (χ1) is 7.33. The summed E-state index contributed by atoms with van der Waals surface area (Å²) in [6.45, 7) is 10.2. The normalized spacial score (nSPS) is 19.6. The minimum absolute atomic E-state index is 0.937. The predicted octanol–water partition coefficient (Wildman–Crippen LogP) is 1.44. The highest BCUT2D eigenvalue weighted by Gasteiger charge is 2.12. The second-order valence-corrected chi connectivity index (χ2v) is 4.46. The van der Waals surface area contributed by atoms with E-state index < -0.39 is 0 Å². The van der Waals surface area contributed by atoms with Crippen molar-refractivity contribution in [3.63, 3.8) is 0 Å². The highest BCUT2D eigenvalue weighted by atomic mass is 16.5. The third-order valence-electron chi connectivity index (χ3n) is 3.00. The molecule has 90 valence electrons. The van der Waals surface area contributed by atoms with Crippen molar-refractivity contribution < 1.29 is 4.74 Å². The average molecular weight is 214 g/mol. The van der Waals surface area contributed by atoms with Gasteiger partial charge in [-0.1, -0.05) is 13.3 Å². The standard InChI is InChI=1S/C12H26N2O/c1-3-4-11-15-12-5-6-14-9-7-13(2)8-10-14/h3-12H2,1-2H3. The minimum Gasteiger partial charge on any atom is -0.381 e. The molecule has 3 heteroatoms. The zero-order chi connectivity index (χ0) is 10.9. The number of hydrogen-bond donors (Lipinski definition) is 0. The highest BCUT2D eigenvalue weighted by Crippen LogP contribution is 2.00. The van der Waals surface area contributed by atoms with Crippen LogP contribution in [0.15, 0.2) is 0 Å². The minimum atomic E-state index is 0.937. The molecule has 0 bridgehead atoms. The number of ether oxygens (including phenoxy) is 1. The van der Waals surface area contributed by atoms with Gasteiger partial charge < -0.3 is 14.5 Å². The average Bonchev–Trinajstić information content (AvgIpc) is 2.26. The van der Waals surface area contributed by atoms with Gasteiger partial charge in [-0.2, -0.15) is 0 Å². The summed E-state index contributed by atoms with van der Waals surface area (Å²) in [6.07, 6.45) is 3.63. The summed E-state index contributed by atoms with van der Waals surface area (Å²) in [5, 5.41) is 0. The molecule has 1 heterocycles. The number of likely N-dealkylation sites (N-methyl/N-ethyl adjacent to an activating group) is 1. The van der Waals surface area contributed by atoms with E-state index in [2.05, 4.69) is 23.8 Å². The lowest BCUT2D eigenvalue weighted by Crippen LogP contribution is -2.44. The SMILES string of the molecule is CCCCOCCCN1CCN(C)CC1. The van der Waals surface area contributed by atoms with E-state index in [9.17, 15) is 0 Å². The Kier molecular flexibility index (Phi) is 6.98. The van der Waals surface area contributed by atoms with E-state index in [0.29, 0.717) is 0 Å². The third kappa shape index (κ3) is 6.13. The van der Waals surface area contributed by atoms with Crippen molar-refractivity contribution in [1.82, 2.24) is 9.80 Å². The van der Waals surface area contributed by atoms with E-state index in [1.165, 1.54) is 52.0 Å². The summed E-state index contributed by atoms with van der Waals surface area (Å²) >= 11 is 0. The Morgan fingerprint density at radius 3 is 2.33 bits per heavy atom. The molecule has 0 saturated carbocycles. The monoisotopic (exact) mass is 214 g/mol. The summed E-state index contributed by atoms with van der Waals surface area (Å²) in [7, 11) is 2.20. The topological polar surface area (TPSA) is 15.7 Å². The quantitative estimate of drug-likeness (QED) is 0.596. The van der Waals surface area contributed by atoms with Crippen molar-refractivity contribution in [2.75, 3.05) is 53.0 Å². The van der Waals surface area contributed by atoms with Gasteiger partial charge in [0.25, 0.3) is 0 Å². The van der Waals surface area contributed by atoms with Crippen molar-refractivity contribution >= 4 is 0 Å². The van der Waals surface area contributed by atoms with Crippen LogP contribution in [0.4, 0.5) is 0 Å². The van der Waals surface area contributed by atoms with Crippen LogP contribution in [0.1, 0.15) is 26.2 Å². The van der Waals surface area contributed by atoms with Crippen LogP contribution >= 0.6 is 0 Å². The van der Waals surface area contributed by atoms with Gasteiger partial charge in [0.2, 0.25) is 0 Å². The van der Waals surface area contributed by atoms with Crippen molar-refractivity contribution in [1.29, 1.82) is 0 Å². The fourth-order valence-electron chi connectivity index (χ4n) is 1.81. The molecule has 0 atom stereocenters. The highest BCUT2D eigenvalue weighted by molar-refractivity contribution is 4.68. The molecule has 0 unspecified atom stereocenters. The van der Waals surface area contributed by atoms with Gasteiger partial charge in [0, 0.05) is 45.9 Å². The Balaban J connectivity index is 1.87. The maximum atomic E-state index is 5.55. The summed E-state index contributed by atoms with van der Waals surface area (Å²) in [4.78, 5) is 4.94. The van der Waals surface area contributed by atoms with E-state index in [0.717, 1.165) is 13.2 Å². The molecule has 0 aromatic rings. The van der Waals surface area contributed by atoms with Crippen molar-refractivity contribution in [3.8, 4) is 0 Å². The molecule has 0 N–H and O–H groups in total. The molecular formula is C12H26N2O. The van der Waals surface area contributed by atoms with E-state index in [4.69, 9.17) is 4.74 Å². The molecule has 1 rings (SSSR count). The summed E-state index contributed by atoms with van der Waals surface area (Å²) in [6, 6.07) is 0. The number of nitrogens with zero attached hydrogens (tertiary/aromatic N) is 2. The Bertz CT molecular complexity index is 145. The van der Waals surface area contributed by atoms with Crippen LogP contribution in [-0.2, 0) is 4.74 Å². The molecule has 0 spiro atoms. The fourth-order valence-corrected chi connectivity index (χ4v) is 1.81. The summed E-state index contributed by atoms with van der Waals surface area (Å²) < 4.78 is 5.55. The molecular weight excluding hydrogens is 188 g/mol. The summed E-state index contributed by atoms with van der Waals surface area (Å²) in [5.74, 6) is 0. The van der Waals surface area contributed by atoms with Crippen LogP contribution in [-0.4, -0.2) is 62.8 Å². The predicted molar refractivity (Wildman–Crippen MR) is 64.3 cm³/mol. The fraction of sp³-hybridized carbons (Fsp3) is 1.00. The van der Waals surface area contributed by atoms with Crippen LogP contribution in [0.3, 0.4) is 0 Å².